The van der Waals surface area contributed by atoms with Crippen molar-refractivity contribution >= 4 is 0 Å². The molecule has 0 fully saturated rings. The van der Waals surface area contributed by atoms with E-state index in [4.69, 9.17) is 0 Å². The predicted molar refractivity (Wildman–Crippen MR) is 114 cm³/mol. The maximum absolute atomic E-state index is 2.44. The molecule has 0 saturated heterocycles. The van der Waals surface area contributed by atoms with E-state index in [2.05, 4.69) is 88.8 Å². The second kappa shape index (κ2) is 6.64. The van der Waals surface area contributed by atoms with Crippen molar-refractivity contribution in [1.82, 2.24) is 0 Å². The Kier molecular flexibility index (Phi) is 4.42. The highest BCUT2D eigenvalue weighted by Crippen LogP contribution is 2.44. The van der Waals surface area contributed by atoms with E-state index in [0.717, 1.165) is 12.8 Å². The molecule has 1 aromatic heterocycles. The number of aryl methyl sites for hydroxylation is 4. The lowest BCUT2D eigenvalue weighted by Crippen LogP contribution is -2.32. The van der Waals surface area contributed by atoms with Crippen molar-refractivity contribution in [3.05, 3.63) is 76.0 Å². The number of pyridine rings is 1. The van der Waals surface area contributed by atoms with Gasteiger partial charge in [-0.3, -0.25) is 0 Å². The van der Waals surface area contributed by atoms with Gasteiger partial charge in [-0.25, -0.2) is 4.57 Å². The van der Waals surface area contributed by atoms with Crippen LogP contribution in [-0.2, 0) is 19.9 Å². The Balaban J connectivity index is 1.97. The van der Waals surface area contributed by atoms with Gasteiger partial charge in [-0.05, 0) is 78.5 Å². The number of fused-ring (bicyclic) bond motifs is 3. The zero-order valence-electron chi connectivity index (χ0n) is 17.5. The predicted octanol–water partition coefficient (Wildman–Crippen LogP) is 5.87. The summed E-state index contributed by atoms with van der Waals surface area (Å²) in [7, 11) is 2.19. The number of benzene rings is 2. The molecule has 4 rings (SSSR count). The Morgan fingerprint density at radius 3 is 2.37 bits per heavy atom. The van der Waals surface area contributed by atoms with Crippen LogP contribution in [0.4, 0.5) is 0 Å². The molecule has 1 aliphatic carbocycles. The smallest absolute Gasteiger partial charge is 0.201 e. The molecule has 0 amide bonds. The van der Waals surface area contributed by atoms with Crippen molar-refractivity contribution in [2.24, 2.45) is 13.0 Å². The summed E-state index contributed by atoms with van der Waals surface area (Å²) in [6, 6.07) is 13.7. The number of nitrogens with zero attached hydrogens (tertiary/aromatic N) is 1. The standard InChI is InChI=1S/C26H30N/c1-16(2)11-21-14-24(27(6)15-19(21)5)26-18(4)12-17(3)25-22-10-8-7-9-20(22)13-23(25)26/h7-10,12,14-16H,11,13H2,1-6H3/q+1. The first-order valence-corrected chi connectivity index (χ1v) is 10.1. The van der Waals surface area contributed by atoms with Gasteiger partial charge in [-0.1, -0.05) is 44.2 Å². The van der Waals surface area contributed by atoms with Gasteiger partial charge in [0.15, 0.2) is 6.20 Å². The second-order valence-corrected chi connectivity index (χ2v) is 8.65. The molecule has 2 aromatic carbocycles. The van der Waals surface area contributed by atoms with Crippen LogP contribution in [0.2, 0.25) is 0 Å². The molecule has 1 nitrogen and oxygen atoms in total. The Morgan fingerprint density at radius 1 is 0.926 bits per heavy atom. The van der Waals surface area contributed by atoms with Crippen LogP contribution < -0.4 is 4.57 Å². The minimum Gasteiger partial charge on any atom is -0.201 e. The molecule has 0 spiro atoms. The quantitative estimate of drug-likeness (QED) is 0.404. The Labute approximate surface area is 163 Å². The van der Waals surface area contributed by atoms with Gasteiger partial charge in [0.25, 0.3) is 0 Å². The molecule has 138 valence electrons. The third kappa shape index (κ3) is 3.00. The SMILES string of the molecule is Cc1c[n+](C)c(-c2c(C)cc(C)c3c2Cc2ccccc2-3)cc1CC(C)C. The highest BCUT2D eigenvalue weighted by molar-refractivity contribution is 5.87. The fourth-order valence-electron chi connectivity index (χ4n) is 4.82. The molecule has 0 bridgehead atoms. The fourth-order valence-corrected chi connectivity index (χ4v) is 4.82. The third-order valence-electron chi connectivity index (χ3n) is 5.95. The van der Waals surface area contributed by atoms with E-state index in [9.17, 15) is 0 Å². The number of rotatable bonds is 3. The molecule has 0 radical (unpaired) electrons. The molecular weight excluding hydrogens is 326 g/mol. The summed E-state index contributed by atoms with van der Waals surface area (Å²) in [5, 5.41) is 0. The molecule has 0 saturated carbocycles. The molecule has 1 heteroatoms. The van der Waals surface area contributed by atoms with E-state index in [-0.39, 0.29) is 0 Å². The average Bonchev–Trinajstić information content (AvgIpc) is 2.97. The van der Waals surface area contributed by atoms with Crippen LogP contribution in [0.3, 0.4) is 0 Å². The molecule has 3 aromatic rings. The molecule has 1 heterocycles. The lowest BCUT2D eigenvalue weighted by Gasteiger charge is -2.16. The minimum absolute atomic E-state index is 0.665. The average molecular weight is 357 g/mol. The number of aromatic nitrogens is 1. The maximum atomic E-state index is 2.44. The highest BCUT2D eigenvalue weighted by Gasteiger charge is 2.28. The normalized spacial score (nSPS) is 12.4. The van der Waals surface area contributed by atoms with E-state index >= 15 is 0 Å². The summed E-state index contributed by atoms with van der Waals surface area (Å²) < 4.78 is 2.32. The van der Waals surface area contributed by atoms with Crippen molar-refractivity contribution in [3.63, 3.8) is 0 Å². The zero-order chi connectivity index (χ0) is 19.3. The van der Waals surface area contributed by atoms with E-state index in [0.29, 0.717) is 5.92 Å². The third-order valence-corrected chi connectivity index (χ3v) is 5.95. The van der Waals surface area contributed by atoms with Crippen molar-refractivity contribution in [1.29, 1.82) is 0 Å². The van der Waals surface area contributed by atoms with Crippen LogP contribution in [0, 0.1) is 26.7 Å². The molecule has 1 aliphatic rings. The lowest BCUT2D eigenvalue weighted by molar-refractivity contribution is -0.660. The van der Waals surface area contributed by atoms with Gasteiger partial charge in [-0.15, -0.1) is 0 Å². The van der Waals surface area contributed by atoms with Gasteiger partial charge in [0, 0.05) is 11.6 Å². The van der Waals surface area contributed by atoms with Gasteiger partial charge in [0.2, 0.25) is 5.69 Å². The van der Waals surface area contributed by atoms with E-state index in [1.54, 1.807) is 0 Å². The Bertz CT molecular complexity index is 1040. The van der Waals surface area contributed by atoms with E-state index in [1.807, 2.05) is 0 Å². The van der Waals surface area contributed by atoms with Gasteiger partial charge in [0.1, 0.15) is 7.05 Å². The summed E-state index contributed by atoms with van der Waals surface area (Å²) in [5.74, 6) is 0.665. The van der Waals surface area contributed by atoms with Crippen LogP contribution >= 0.6 is 0 Å². The summed E-state index contributed by atoms with van der Waals surface area (Å²) in [5.41, 5.74) is 14.3. The molecule has 27 heavy (non-hydrogen) atoms. The monoisotopic (exact) mass is 356 g/mol. The van der Waals surface area contributed by atoms with Crippen LogP contribution in [0.5, 0.6) is 0 Å². The van der Waals surface area contributed by atoms with Crippen LogP contribution in [-0.4, -0.2) is 0 Å². The van der Waals surface area contributed by atoms with Crippen molar-refractivity contribution in [2.75, 3.05) is 0 Å². The summed E-state index contributed by atoms with van der Waals surface area (Å²) in [6.07, 6.45) is 4.48. The number of hydrogen-bond donors (Lipinski definition) is 0. The lowest BCUT2D eigenvalue weighted by atomic mass is 9.89. The Hall–Kier alpha value is -2.41. The molecule has 0 unspecified atom stereocenters. The van der Waals surface area contributed by atoms with Crippen LogP contribution in [0.1, 0.15) is 47.2 Å². The first-order valence-electron chi connectivity index (χ1n) is 10.1. The maximum Gasteiger partial charge on any atom is 0.213 e. The molecule has 0 N–H and O–H groups in total. The van der Waals surface area contributed by atoms with Gasteiger partial charge >= 0.3 is 0 Å². The fraction of sp³-hybridized carbons (Fsp3) is 0.346. The van der Waals surface area contributed by atoms with Crippen molar-refractivity contribution in [2.45, 2.75) is 47.5 Å². The van der Waals surface area contributed by atoms with Crippen molar-refractivity contribution < 1.29 is 4.57 Å². The van der Waals surface area contributed by atoms with E-state index in [1.165, 1.54) is 55.8 Å². The highest BCUT2D eigenvalue weighted by atomic mass is 14.9. The van der Waals surface area contributed by atoms with Crippen LogP contribution in [0.25, 0.3) is 22.4 Å². The second-order valence-electron chi connectivity index (χ2n) is 8.65. The molecule has 0 aliphatic heterocycles. The first kappa shape index (κ1) is 18.0. The van der Waals surface area contributed by atoms with E-state index < -0.39 is 0 Å². The van der Waals surface area contributed by atoms with Crippen LogP contribution in [0.15, 0.2) is 42.6 Å². The van der Waals surface area contributed by atoms with Crippen molar-refractivity contribution in [3.8, 4) is 22.4 Å². The molecular formula is C26H30N+. The van der Waals surface area contributed by atoms with Gasteiger partial charge in [0.05, 0.1) is 5.56 Å². The summed E-state index contributed by atoms with van der Waals surface area (Å²) in [4.78, 5) is 0. The summed E-state index contributed by atoms with van der Waals surface area (Å²) in [6.45, 7) is 11.4. The Morgan fingerprint density at radius 2 is 1.63 bits per heavy atom. The zero-order valence-corrected chi connectivity index (χ0v) is 17.5. The summed E-state index contributed by atoms with van der Waals surface area (Å²) >= 11 is 0. The number of hydrogen-bond acceptors (Lipinski definition) is 0. The topological polar surface area (TPSA) is 3.88 Å². The minimum atomic E-state index is 0.665. The first-order chi connectivity index (χ1) is 12.9. The largest absolute Gasteiger partial charge is 0.213 e. The van der Waals surface area contributed by atoms with Gasteiger partial charge < -0.3 is 0 Å². The molecule has 0 atom stereocenters. The van der Waals surface area contributed by atoms with Gasteiger partial charge in [-0.2, -0.15) is 0 Å².